The summed E-state index contributed by atoms with van der Waals surface area (Å²) in [6, 6.07) is 0. The lowest BCUT2D eigenvalue weighted by molar-refractivity contribution is -0.162. The SMILES string of the molecule is CCCC1(CCC)OC2(CC(C)(C)NC(C)(C)C2)NC1=O. The molecule has 0 atom stereocenters. The fourth-order valence-electron chi connectivity index (χ4n) is 4.68. The van der Waals surface area contributed by atoms with Gasteiger partial charge in [0.25, 0.3) is 5.91 Å². The van der Waals surface area contributed by atoms with Crippen molar-refractivity contribution in [2.24, 2.45) is 0 Å². The summed E-state index contributed by atoms with van der Waals surface area (Å²) >= 11 is 0. The van der Waals surface area contributed by atoms with E-state index in [0.29, 0.717) is 0 Å². The van der Waals surface area contributed by atoms with Crippen LogP contribution in [-0.2, 0) is 9.53 Å². The van der Waals surface area contributed by atoms with Gasteiger partial charge in [-0.1, -0.05) is 26.7 Å². The number of hydrogen-bond donors (Lipinski definition) is 2. The molecule has 2 aliphatic rings. The lowest BCUT2D eigenvalue weighted by Crippen LogP contribution is -2.66. The Labute approximate surface area is 129 Å². The fourth-order valence-corrected chi connectivity index (χ4v) is 4.68. The van der Waals surface area contributed by atoms with Gasteiger partial charge in [-0.2, -0.15) is 0 Å². The topological polar surface area (TPSA) is 50.4 Å². The number of amides is 1. The molecule has 0 aromatic heterocycles. The van der Waals surface area contributed by atoms with Crippen molar-refractivity contribution in [1.82, 2.24) is 10.6 Å². The van der Waals surface area contributed by atoms with Gasteiger partial charge < -0.3 is 15.4 Å². The van der Waals surface area contributed by atoms with Crippen molar-refractivity contribution in [1.29, 1.82) is 0 Å². The number of nitrogens with one attached hydrogen (secondary N) is 2. The van der Waals surface area contributed by atoms with Crippen molar-refractivity contribution in [2.75, 3.05) is 0 Å². The summed E-state index contributed by atoms with van der Waals surface area (Å²) in [7, 11) is 0. The molecule has 2 heterocycles. The van der Waals surface area contributed by atoms with E-state index in [4.69, 9.17) is 4.74 Å². The van der Waals surface area contributed by atoms with Gasteiger partial charge in [0.15, 0.2) is 0 Å². The molecule has 0 saturated carbocycles. The zero-order valence-electron chi connectivity index (χ0n) is 14.6. The van der Waals surface area contributed by atoms with Crippen LogP contribution in [-0.4, -0.2) is 28.3 Å². The molecule has 2 N–H and O–H groups in total. The summed E-state index contributed by atoms with van der Waals surface area (Å²) in [5.41, 5.74) is -1.24. The lowest BCUT2D eigenvalue weighted by Gasteiger charge is -2.51. The highest BCUT2D eigenvalue weighted by atomic mass is 16.6. The van der Waals surface area contributed by atoms with Crippen LogP contribution in [0.3, 0.4) is 0 Å². The van der Waals surface area contributed by atoms with E-state index >= 15 is 0 Å². The van der Waals surface area contributed by atoms with Crippen LogP contribution in [0, 0.1) is 0 Å². The molecular weight excluding hydrogens is 264 g/mol. The first kappa shape index (κ1) is 16.8. The zero-order chi connectivity index (χ0) is 15.9. The average Bonchev–Trinajstić information content (AvgIpc) is 2.46. The summed E-state index contributed by atoms with van der Waals surface area (Å²) in [4.78, 5) is 12.7. The molecule has 1 amide bonds. The minimum absolute atomic E-state index is 0.0520. The second-order valence-electron chi connectivity index (χ2n) is 8.29. The van der Waals surface area contributed by atoms with E-state index in [9.17, 15) is 4.79 Å². The van der Waals surface area contributed by atoms with Crippen LogP contribution in [0.4, 0.5) is 0 Å². The Bertz CT molecular complexity index is 393. The van der Waals surface area contributed by atoms with E-state index in [2.05, 4.69) is 52.2 Å². The van der Waals surface area contributed by atoms with Crippen molar-refractivity contribution >= 4 is 5.91 Å². The Morgan fingerprint density at radius 3 is 1.90 bits per heavy atom. The van der Waals surface area contributed by atoms with E-state index in [1.54, 1.807) is 0 Å². The molecule has 4 nitrogen and oxygen atoms in total. The number of carbonyl (C=O) groups excluding carboxylic acids is 1. The summed E-state index contributed by atoms with van der Waals surface area (Å²) in [5, 5.41) is 6.90. The molecule has 0 unspecified atom stereocenters. The third kappa shape index (κ3) is 3.26. The molecule has 2 fully saturated rings. The molecular formula is C17H32N2O2. The van der Waals surface area contributed by atoms with E-state index < -0.39 is 11.3 Å². The van der Waals surface area contributed by atoms with Gasteiger partial charge in [-0.15, -0.1) is 0 Å². The van der Waals surface area contributed by atoms with Crippen LogP contribution < -0.4 is 10.6 Å². The minimum atomic E-state index is -0.618. The Morgan fingerprint density at radius 2 is 1.48 bits per heavy atom. The van der Waals surface area contributed by atoms with E-state index in [0.717, 1.165) is 38.5 Å². The molecule has 0 aliphatic carbocycles. The van der Waals surface area contributed by atoms with Gasteiger partial charge in [-0.25, -0.2) is 0 Å². The summed E-state index contributed by atoms with van der Waals surface area (Å²) in [6.07, 6.45) is 5.17. The molecule has 122 valence electrons. The van der Waals surface area contributed by atoms with E-state index in [1.165, 1.54) is 0 Å². The second kappa shape index (κ2) is 5.24. The first-order valence-electron chi connectivity index (χ1n) is 8.40. The highest BCUT2D eigenvalue weighted by Gasteiger charge is 2.59. The fraction of sp³-hybridized carbons (Fsp3) is 0.941. The quantitative estimate of drug-likeness (QED) is 0.838. The molecule has 2 rings (SSSR count). The van der Waals surface area contributed by atoms with Crippen molar-refractivity contribution in [3.05, 3.63) is 0 Å². The molecule has 2 aliphatic heterocycles. The predicted octanol–water partition coefficient (Wildman–Crippen LogP) is 3.11. The van der Waals surface area contributed by atoms with Crippen LogP contribution in [0.2, 0.25) is 0 Å². The number of ether oxygens (including phenoxy) is 1. The molecule has 21 heavy (non-hydrogen) atoms. The van der Waals surface area contributed by atoms with Crippen LogP contribution in [0.5, 0.6) is 0 Å². The van der Waals surface area contributed by atoms with Gasteiger partial charge in [0.05, 0.1) is 0 Å². The van der Waals surface area contributed by atoms with Gasteiger partial charge in [-0.3, -0.25) is 4.79 Å². The maximum absolute atomic E-state index is 12.7. The summed E-state index contributed by atoms with van der Waals surface area (Å²) < 4.78 is 6.54. The molecule has 0 bridgehead atoms. The Balaban J connectivity index is 2.31. The normalized spacial score (nSPS) is 28.6. The lowest BCUT2D eigenvalue weighted by atomic mass is 9.77. The van der Waals surface area contributed by atoms with Gasteiger partial charge in [0.2, 0.25) is 0 Å². The number of piperidine rings is 1. The first-order chi connectivity index (χ1) is 9.58. The first-order valence-corrected chi connectivity index (χ1v) is 8.40. The van der Waals surface area contributed by atoms with Crippen molar-refractivity contribution < 1.29 is 9.53 Å². The number of hydrogen-bond acceptors (Lipinski definition) is 3. The Morgan fingerprint density at radius 1 is 1.00 bits per heavy atom. The van der Waals surface area contributed by atoms with Gasteiger partial charge in [-0.05, 0) is 40.5 Å². The Kier molecular flexibility index (Phi) is 4.18. The second-order valence-corrected chi connectivity index (χ2v) is 8.29. The molecule has 0 aromatic carbocycles. The highest BCUT2D eigenvalue weighted by molar-refractivity contribution is 5.87. The van der Waals surface area contributed by atoms with Crippen molar-refractivity contribution in [2.45, 2.75) is 102 Å². The standard InChI is InChI=1S/C17H32N2O2/c1-7-9-16(10-8-2)13(20)18-17(21-16)11-14(3,4)19-15(5,6)12-17/h19H,7-12H2,1-6H3,(H,18,20). The third-order valence-corrected chi connectivity index (χ3v) is 4.59. The van der Waals surface area contributed by atoms with Crippen LogP contribution >= 0.6 is 0 Å². The molecule has 0 radical (unpaired) electrons. The maximum atomic E-state index is 12.7. The Hall–Kier alpha value is -0.610. The van der Waals surface area contributed by atoms with E-state index in [1.807, 2.05) is 0 Å². The highest BCUT2D eigenvalue weighted by Crippen LogP contribution is 2.45. The van der Waals surface area contributed by atoms with Gasteiger partial charge in [0, 0.05) is 23.9 Å². The van der Waals surface area contributed by atoms with Crippen molar-refractivity contribution in [3.63, 3.8) is 0 Å². The maximum Gasteiger partial charge on any atom is 0.254 e. The van der Waals surface area contributed by atoms with Crippen LogP contribution in [0.15, 0.2) is 0 Å². The van der Waals surface area contributed by atoms with Crippen molar-refractivity contribution in [3.8, 4) is 0 Å². The molecule has 2 saturated heterocycles. The largest absolute Gasteiger partial charge is 0.339 e. The monoisotopic (exact) mass is 296 g/mol. The van der Waals surface area contributed by atoms with Crippen LogP contribution in [0.1, 0.15) is 80.1 Å². The van der Waals surface area contributed by atoms with E-state index in [-0.39, 0.29) is 17.0 Å². The van der Waals surface area contributed by atoms with Gasteiger partial charge in [0.1, 0.15) is 11.3 Å². The smallest absolute Gasteiger partial charge is 0.254 e. The number of rotatable bonds is 4. The number of carbonyl (C=O) groups is 1. The molecule has 1 spiro atoms. The van der Waals surface area contributed by atoms with Gasteiger partial charge >= 0.3 is 0 Å². The zero-order valence-corrected chi connectivity index (χ0v) is 14.6. The average molecular weight is 296 g/mol. The molecule has 4 heteroatoms. The van der Waals surface area contributed by atoms with Crippen LogP contribution in [0.25, 0.3) is 0 Å². The summed E-state index contributed by atoms with van der Waals surface area (Å²) in [6.45, 7) is 13.0. The predicted molar refractivity (Wildman–Crippen MR) is 85.0 cm³/mol. The third-order valence-electron chi connectivity index (χ3n) is 4.59. The minimum Gasteiger partial charge on any atom is -0.339 e. The molecule has 0 aromatic rings. The summed E-state index contributed by atoms with van der Waals surface area (Å²) in [5.74, 6) is 0.0969.